The molecule has 0 bridgehead atoms. The van der Waals surface area contributed by atoms with Crippen LogP contribution < -0.4 is 0 Å². The average Bonchev–Trinajstić information content (AvgIpc) is 2.67. The van der Waals surface area contributed by atoms with Crippen LogP contribution >= 0.6 is 11.8 Å². The molecule has 0 aromatic carbocycles. The number of amides is 1. The molecule has 0 aromatic rings. The molecule has 2 unspecified atom stereocenters. The minimum atomic E-state index is -4.51. The average molecular weight is 337 g/mol. The molecule has 0 saturated carbocycles. The Morgan fingerprint density at radius 3 is 2.73 bits per heavy atom. The van der Waals surface area contributed by atoms with Crippen molar-refractivity contribution >= 4 is 23.6 Å². The second-order valence-electron chi connectivity index (χ2n) is 4.93. The first-order valence-corrected chi connectivity index (χ1v) is 7.31. The van der Waals surface area contributed by atoms with Gasteiger partial charge in [0.1, 0.15) is 17.7 Å². The van der Waals surface area contributed by atoms with Crippen molar-refractivity contribution in [2.75, 3.05) is 6.61 Å². The minimum absolute atomic E-state index is 0.168. The number of aliphatic hydroxyl groups is 1. The normalized spacial score (nSPS) is 25.7. The third-order valence-corrected chi connectivity index (χ3v) is 4.63. The van der Waals surface area contributed by atoms with Gasteiger partial charge in [-0.15, -0.1) is 11.8 Å². The summed E-state index contributed by atoms with van der Waals surface area (Å²) in [5.41, 5.74) is -0.379. The Balaban J connectivity index is 2.28. The van der Waals surface area contributed by atoms with E-state index in [0.717, 1.165) is 16.7 Å². The van der Waals surface area contributed by atoms with Gasteiger partial charge in [0.15, 0.2) is 0 Å². The first kappa shape index (κ1) is 16.9. The maximum absolute atomic E-state index is 12.7. The number of ether oxygens (including phenoxy) is 1. The number of halogens is 3. The first-order valence-electron chi connectivity index (χ1n) is 6.43. The number of fused-ring (bicyclic) bond motifs is 1. The van der Waals surface area contributed by atoms with Crippen LogP contribution in [0, 0.1) is 5.92 Å². The Morgan fingerprint density at radius 2 is 2.23 bits per heavy atom. The van der Waals surface area contributed by atoms with Gasteiger partial charge in [-0.2, -0.15) is 13.2 Å². The van der Waals surface area contributed by atoms with Crippen molar-refractivity contribution in [2.24, 2.45) is 5.92 Å². The van der Waals surface area contributed by atoms with Crippen molar-refractivity contribution in [1.82, 2.24) is 4.90 Å². The Labute approximate surface area is 128 Å². The van der Waals surface area contributed by atoms with Gasteiger partial charge in [-0.1, -0.05) is 12.7 Å². The molecule has 1 saturated heterocycles. The largest absolute Gasteiger partial charge is 0.457 e. The van der Waals surface area contributed by atoms with Gasteiger partial charge in [-0.05, 0) is 6.92 Å². The van der Waals surface area contributed by atoms with Crippen LogP contribution in [0.5, 0.6) is 0 Å². The summed E-state index contributed by atoms with van der Waals surface area (Å²) in [6, 6.07) is 0. The molecule has 3 atom stereocenters. The zero-order valence-electron chi connectivity index (χ0n) is 11.6. The van der Waals surface area contributed by atoms with Crippen molar-refractivity contribution in [3.63, 3.8) is 0 Å². The van der Waals surface area contributed by atoms with E-state index in [1.54, 1.807) is 0 Å². The highest BCUT2D eigenvalue weighted by atomic mass is 32.2. The summed E-state index contributed by atoms with van der Waals surface area (Å²) in [4.78, 5) is 24.7. The van der Waals surface area contributed by atoms with Crippen molar-refractivity contribution in [1.29, 1.82) is 0 Å². The van der Waals surface area contributed by atoms with Crippen LogP contribution in [0.4, 0.5) is 13.2 Å². The molecular formula is C13H14F3NO4S. The second-order valence-corrected chi connectivity index (χ2v) is 6.15. The number of aliphatic hydroxyl groups excluding tert-OH is 1. The molecule has 1 fully saturated rings. The van der Waals surface area contributed by atoms with Crippen LogP contribution in [-0.2, 0) is 14.3 Å². The van der Waals surface area contributed by atoms with E-state index in [9.17, 15) is 27.9 Å². The number of alkyl halides is 3. The highest BCUT2D eigenvalue weighted by molar-refractivity contribution is 8.04. The zero-order valence-corrected chi connectivity index (χ0v) is 12.4. The van der Waals surface area contributed by atoms with Gasteiger partial charge in [0.2, 0.25) is 5.91 Å². The molecule has 22 heavy (non-hydrogen) atoms. The molecule has 2 aliphatic rings. The highest BCUT2D eigenvalue weighted by Gasteiger charge is 2.58. The summed E-state index contributed by atoms with van der Waals surface area (Å²) in [6.07, 6.45) is -5.56. The zero-order chi connectivity index (χ0) is 16.7. The van der Waals surface area contributed by atoms with Crippen LogP contribution in [0.2, 0.25) is 0 Å². The van der Waals surface area contributed by atoms with E-state index in [2.05, 4.69) is 6.58 Å². The number of carbonyl (C=O) groups is 2. The molecule has 2 heterocycles. The highest BCUT2D eigenvalue weighted by Crippen LogP contribution is 2.52. The SMILES string of the molecule is C=CCOC(=O)C1=C(CC(F)(F)F)S[C@@H]2C(C(C)O)C(=O)N12. The molecule has 5 nitrogen and oxygen atoms in total. The Morgan fingerprint density at radius 1 is 1.59 bits per heavy atom. The summed E-state index contributed by atoms with van der Waals surface area (Å²) in [5, 5.41) is 8.85. The summed E-state index contributed by atoms with van der Waals surface area (Å²) >= 11 is 0.775. The summed E-state index contributed by atoms with van der Waals surface area (Å²) < 4.78 is 42.7. The van der Waals surface area contributed by atoms with E-state index in [4.69, 9.17) is 4.74 Å². The molecule has 2 aliphatic heterocycles. The van der Waals surface area contributed by atoms with Crippen LogP contribution in [0.3, 0.4) is 0 Å². The number of β-lactam (4-membered cyclic amide) rings is 1. The van der Waals surface area contributed by atoms with E-state index in [1.807, 2.05) is 0 Å². The van der Waals surface area contributed by atoms with Gasteiger partial charge in [-0.3, -0.25) is 9.69 Å². The van der Waals surface area contributed by atoms with E-state index in [-0.39, 0.29) is 17.2 Å². The number of rotatable bonds is 5. The Hall–Kier alpha value is -1.48. The number of hydrogen-bond donors (Lipinski definition) is 1. The summed E-state index contributed by atoms with van der Waals surface area (Å²) in [7, 11) is 0. The Kier molecular flexibility index (Phi) is 4.57. The first-order chi connectivity index (χ1) is 10.2. The fourth-order valence-corrected chi connectivity index (χ4v) is 3.99. The summed E-state index contributed by atoms with van der Waals surface area (Å²) in [6.45, 7) is 4.56. The number of allylic oxidation sites excluding steroid dienone is 1. The van der Waals surface area contributed by atoms with Crippen molar-refractivity contribution in [3.05, 3.63) is 23.3 Å². The topological polar surface area (TPSA) is 66.8 Å². The molecule has 9 heteroatoms. The lowest BCUT2D eigenvalue weighted by atomic mass is 9.92. The van der Waals surface area contributed by atoms with Gasteiger partial charge in [0.25, 0.3) is 0 Å². The van der Waals surface area contributed by atoms with Crippen LogP contribution in [-0.4, -0.2) is 46.1 Å². The fourth-order valence-electron chi connectivity index (χ4n) is 2.35. The lowest BCUT2D eigenvalue weighted by Gasteiger charge is -2.43. The Bertz CT molecular complexity index is 544. The molecule has 122 valence electrons. The third kappa shape index (κ3) is 3.00. The standard InChI is InChI=1S/C13H14F3NO4S/c1-3-4-21-12(20)9-7(5-13(14,15)16)22-11-8(6(2)18)10(19)17(9)11/h3,6,8,11,18H,1,4-5H2,2H3/t6?,8?,11-/m1/s1. The van der Waals surface area contributed by atoms with Gasteiger partial charge in [-0.25, -0.2) is 4.79 Å². The lowest BCUT2D eigenvalue weighted by molar-refractivity contribution is -0.158. The third-order valence-electron chi connectivity index (χ3n) is 3.26. The van der Waals surface area contributed by atoms with Gasteiger partial charge < -0.3 is 9.84 Å². The molecule has 1 N–H and O–H groups in total. The van der Waals surface area contributed by atoms with Crippen molar-refractivity contribution in [3.8, 4) is 0 Å². The van der Waals surface area contributed by atoms with Crippen LogP contribution in [0.15, 0.2) is 23.3 Å². The van der Waals surface area contributed by atoms with Crippen molar-refractivity contribution < 1.29 is 32.6 Å². The predicted octanol–water partition coefficient (Wildman–Crippen LogP) is 1.79. The van der Waals surface area contributed by atoms with Crippen LogP contribution in [0.25, 0.3) is 0 Å². The molecule has 2 rings (SSSR count). The maximum Gasteiger partial charge on any atom is 0.393 e. The van der Waals surface area contributed by atoms with Gasteiger partial charge in [0.05, 0.1) is 18.4 Å². The predicted molar refractivity (Wildman–Crippen MR) is 72.2 cm³/mol. The minimum Gasteiger partial charge on any atom is -0.457 e. The van der Waals surface area contributed by atoms with Gasteiger partial charge >= 0.3 is 12.1 Å². The van der Waals surface area contributed by atoms with E-state index in [0.29, 0.717) is 0 Å². The smallest absolute Gasteiger partial charge is 0.393 e. The van der Waals surface area contributed by atoms with E-state index in [1.165, 1.54) is 13.0 Å². The summed E-state index contributed by atoms with van der Waals surface area (Å²) in [5.74, 6) is -2.39. The lowest BCUT2D eigenvalue weighted by Crippen LogP contribution is -2.60. The molecule has 0 aliphatic carbocycles. The van der Waals surface area contributed by atoms with Crippen LogP contribution in [0.1, 0.15) is 13.3 Å². The number of carbonyl (C=O) groups excluding carboxylic acids is 2. The second kappa shape index (κ2) is 5.96. The van der Waals surface area contributed by atoms with E-state index < -0.39 is 41.9 Å². The quantitative estimate of drug-likeness (QED) is 0.471. The maximum atomic E-state index is 12.7. The van der Waals surface area contributed by atoms with E-state index >= 15 is 0 Å². The molecule has 0 radical (unpaired) electrons. The number of esters is 1. The monoisotopic (exact) mass is 337 g/mol. The van der Waals surface area contributed by atoms with Gasteiger partial charge in [0, 0.05) is 4.91 Å². The number of nitrogens with zero attached hydrogens (tertiary/aromatic N) is 1. The molecular weight excluding hydrogens is 323 g/mol. The molecule has 0 spiro atoms. The number of hydrogen-bond acceptors (Lipinski definition) is 5. The fraction of sp³-hybridized carbons (Fsp3) is 0.538. The molecule has 0 aromatic heterocycles. The molecule has 1 amide bonds. The van der Waals surface area contributed by atoms with Crippen molar-refractivity contribution in [2.45, 2.75) is 31.0 Å². The number of thioether (sulfide) groups is 1.